The van der Waals surface area contributed by atoms with E-state index < -0.39 is 65.4 Å². The van der Waals surface area contributed by atoms with Gasteiger partial charge in [-0.15, -0.1) is 0 Å². The molecule has 0 aromatic heterocycles. The normalized spacial score (nSPS) is 50.9. The van der Waals surface area contributed by atoms with Crippen molar-refractivity contribution >= 4 is 23.9 Å². The van der Waals surface area contributed by atoms with Crippen LogP contribution < -0.4 is 0 Å². The molecule has 0 aromatic carbocycles. The first kappa shape index (κ1) is 40.5. The van der Waals surface area contributed by atoms with Crippen molar-refractivity contribution in [1.29, 1.82) is 0 Å². The highest BCUT2D eigenvalue weighted by Crippen LogP contribution is 2.90. The van der Waals surface area contributed by atoms with E-state index in [1.165, 1.54) is 27.7 Å². The van der Waals surface area contributed by atoms with E-state index in [1.54, 1.807) is 0 Å². The lowest BCUT2D eigenvalue weighted by Gasteiger charge is -2.64. The Hall–Kier alpha value is -2.32. The van der Waals surface area contributed by atoms with Gasteiger partial charge in [0.2, 0.25) is 0 Å². The third-order valence-corrected chi connectivity index (χ3v) is 16.8. The Balaban J connectivity index is 1.11. The minimum atomic E-state index is -1.17. The number of hydrogen-bond donors (Lipinski definition) is 1. The van der Waals surface area contributed by atoms with Crippen LogP contribution >= 0.6 is 0 Å². The fourth-order valence-electron chi connectivity index (χ4n) is 15.2. The molecule has 0 radical (unpaired) electrons. The quantitative estimate of drug-likeness (QED) is 0.198. The van der Waals surface area contributed by atoms with Gasteiger partial charge in [0.05, 0.1) is 24.4 Å². The maximum absolute atomic E-state index is 13.1. The van der Waals surface area contributed by atoms with Gasteiger partial charge in [-0.25, -0.2) is 0 Å². The molecular formula is C43H64O13. The number of hydrogen-bond acceptors (Lipinski definition) is 13. The van der Waals surface area contributed by atoms with Crippen molar-refractivity contribution < 1.29 is 62.2 Å². The molecule has 1 N–H and O–H groups in total. The van der Waals surface area contributed by atoms with Gasteiger partial charge >= 0.3 is 23.9 Å². The van der Waals surface area contributed by atoms with E-state index >= 15 is 0 Å². The molecule has 3 spiro atoms. The fourth-order valence-corrected chi connectivity index (χ4v) is 15.2. The maximum Gasteiger partial charge on any atom is 0.303 e. The van der Waals surface area contributed by atoms with Crippen LogP contribution in [0.5, 0.6) is 0 Å². The van der Waals surface area contributed by atoms with Gasteiger partial charge in [0.15, 0.2) is 30.4 Å². The third-order valence-electron chi connectivity index (χ3n) is 16.8. The summed E-state index contributed by atoms with van der Waals surface area (Å²) in [5.41, 5.74) is -1.92. The molecule has 3 aliphatic heterocycles. The van der Waals surface area contributed by atoms with Gasteiger partial charge in [-0.1, -0.05) is 34.6 Å². The van der Waals surface area contributed by atoms with Crippen molar-refractivity contribution in [3.63, 3.8) is 0 Å². The molecule has 13 nitrogen and oxygen atoms in total. The zero-order valence-electron chi connectivity index (χ0n) is 35.1. The van der Waals surface area contributed by atoms with Crippen LogP contribution in [0, 0.1) is 50.7 Å². The van der Waals surface area contributed by atoms with Gasteiger partial charge in [0.1, 0.15) is 12.2 Å². The molecule has 8 aliphatic rings. The molecule has 3 saturated heterocycles. The molecular weight excluding hydrogens is 724 g/mol. The van der Waals surface area contributed by atoms with Gasteiger partial charge in [0.25, 0.3) is 0 Å². The molecule has 0 unspecified atom stereocenters. The van der Waals surface area contributed by atoms with E-state index in [4.69, 9.17) is 37.9 Å². The number of fused-ring (bicyclic) bond motifs is 4. The SMILES string of the molecule is CC(=O)O[C@@H]1[C@H](O[C@@H]2CC[C@]34C[C@]35CC[C@]3(C)[C@@H]6[C@H](C)C[C@H]7O[C@]6(C[C@@]3(C)[C@@H]5[C@H](OC(C)=O)C[C@@H]4C2(C)C)O[C@@H]7C(C)(C)O)OC[C@@H](OC(C)=O)[C@@H]1OC(C)=O. The average molecular weight is 789 g/mol. The minimum Gasteiger partial charge on any atom is -0.462 e. The number of esters is 4. The second-order valence-electron chi connectivity index (χ2n) is 20.7. The zero-order chi connectivity index (χ0) is 40.8. The van der Waals surface area contributed by atoms with E-state index in [0.29, 0.717) is 18.8 Å². The van der Waals surface area contributed by atoms with Crippen molar-refractivity contribution in [2.24, 2.45) is 50.7 Å². The highest BCUT2D eigenvalue weighted by molar-refractivity contribution is 5.68. The van der Waals surface area contributed by atoms with E-state index in [-0.39, 0.29) is 70.3 Å². The number of rotatable bonds is 7. The molecule has 314 valence electrons. The van der Waals surface area contributed by atoms with E-state index in [9.17, 15) is 24.3 Å². The molecule has 13 heteroatoms. The van der Waals surface area contributed by atoms with Gasteiger partial charge in [-0.2, -0.15) is 0 Å². The Morgan fingerprint density at radius 1 is 0.714 bits per heavy atom. The Bertz CT molecular complexity index is 1660. The highest BCUT2D eigenvalue weighted by atomic mass is 16.8. The molecule has 3 heterocycles. The maximum atomic E-state index is 13.1. The van der Waals surface area contributed by atoms with Crippen molar-refractivity contribution in [3.8, 4) is 0 Å². The van der Waals surface area contributed by atoms with Crippen molar-refractivity contribution in [3.05, 3.63) is 0 Å². The Morgan fingerprint density at radius 2 is 1.34 bits per heavy atom. The van der Waals surface area contributed by atoms with Crippen LogP contribution in [0.1, 0.15) is 128 Å². The monoisotopic (exact) mass is 788 g/mol. The smallest absolute Gasteiger partial charge is 0.303 e. The van der Waals surface area contributed by atoms with Crippen molar-refractivity contribution in [2.75, 3.05) is 6.61 Å². The predicted octanol–water partition coefficient (Wildman–Crippen LogP) is 5.40. The zero-order valence-corrected chi connectivity index (χ0v) is 35.1. The predicted molar refractivity (Wildman–Crippen MR) is 197 cm³/mol. The second-order valence-corrected chi connectivity index (χ2v) is 20.7. The topological polar surface area (TPSA) is 162 Å². The number of ether oxygens (including phenoxy) is 8. The van der Waals surface area contributed by atoms with Crippen LogP contribution in [0.2, 0.25) is 0 Å². The number of carbonyl (C=O) groups excluding carboxylic acids is 4. The lowest BCUT2D eigenvalue weighted by Crippen LogP contribution is -2.63. The Kier molecular flexibility index (Phi) is 9.28. The van der Waals surface area contributed by atoms with Crippen LogP contribution in [0.25, 0.3) is 0 Å². The Morgan fingerprint density at radius 3 is 1.96 bits per heavy atom. The summed E-state index contributed by atoms with van der Waals surface area (Å²) in [7, 11) is 0. The van der Waals surface area contributed by atoms with E-state index in [2.05, 4.69) is 34.6 Å². The molecule has 56 heavy (non-hydrogen) atoms. The fraction of sp³-hybridized carbons (Fsp3) is 0.907. The first-order valence-electron chi connectivity index (χ1n) is 21.0. The standard InChI is InChI=1S/C43H64O13/c1-21-16-27-35(38(8,9)48)56-43(55-27)19-40(11)34-26(50-22(2)44)17-29-37(6,7)30(12-13-41(29)20-42(34,41)15-14-39(40,10)33(21)43)54-36-32(53-25(5)47)31(52-24(4)46)28(18-49-36)51-23(3)45/h21,26-36,48H,12-20H2,1-11H3/t21-,26-,27-,28-,29-,30-,31+,32+,33+,34+,35+,36+,39-,40+,41-,42+,43-/m1/s1. The van der Waals surface area contributed by atoms with E-state index in [1.807, 2.05) is 13.8 Å². The summed E-state index contributed by atoms with van der Waals surface area (Å²) in [4.78, 5) is 49.7. The van der Waals surface area contributed by atoms with E-state index in [0.717, 1.165) is 38.5 Å². The summed E-state index contributed by atoms with van der Waals surface area (Å²) in [6.07, 6.45) is 1.34. The summed E-state index contributed by atoms with van der Waals surface area (Å²) < 4.78 is 50.3. The summed E-state index contributed by atoms with van der Waals surface area (Å²) in [5.74, 6) is -2.19. The lowest BCUT2D eigenvalue weighted by atomic mass is 9.41. The van der Waals surface area contributed by atoms with Gasteiger partial charge in [-0.05, 0) is 97.7 Å². The minimum absolute atomic E-state index is 0.0119. The molecule has 17 atom stereocenters. The summed E-state index contributed by atoms with van der Waals surface area (Å²) >= 11 is 0. The molecule has 5 aliphatic carbocycles. The van der Waals surface area contributed by atoms with Gasteiger partial charge in [-0.3, -0.25) is 19.2 Å². The molecule has 0 amide bonds. The van der Waals surface area contributed by atoms with Gasteiger partial charge in [0, 0.05) is 46.0 Å². The van der Waals surface area contributed by atoms with Crippen LogP contribution in [0.4, 0.5) is 0 Å². The summed E-state index contributed by atoms with van der Waals surface area (Å²) in [6, 6.07) is 0. The van der Waals surface area contributed by atoms with Crippen LogP contribution in [0.3, 0.4) is 0 Å². The molecule has 2 bridgehead atoms. The first-order chi connectivity index (χ1) is 25.9. The molecule has 8 rings (SSSR count). The number of aliphatic hydroxyl groups is 1. The first-order valence-corrected chi connectivity index (χ1v) is 21.0. The van der Waals surface area contributed by atoms with Crippen LogP contribution in [0.15, 0.2) is 0 Å². The third kappa shape index (κ3) is 5.62. The summed E-state index contributed by atoms with van der Waals surface area (Å²) in [6.45, 7) is 20.5. The molecule has 8 fully saturated rings. The van der Waals surface area contributed by atoms with Crippen LogP contribution in [-0.4, -0.2) is 96.0 Å². The van der Waals surface area contributed by atoms with Crippen LogP contribution in [-0.2, 0) is 57.1 Å². The Labute approximate surface area is 330 Å². The van der Waals surface area contributed by atoms with Crippen molar-refractivity contribution in [2.45, 2.75) is 188 Å². The summed E-state index contributed by atoms with van der Waals surface area (Å²) in [5, 5.41) is 11.2. The average Bonchev–Trinajstić information content (AvgIpc) is 3.52. The lowest BCUT2D eigenvalue weighted by molar-refractivity contribution is -0.309. The number of carbonyl (C=O) groups is 4. The van der Waals surface area contributed by atoms with Gasteiger partial charge < -0.3 is 43.0 Å². The molecule has 0 aromatic rings. The molecule has 5 saturated carbocycles. The highest BCUT2D eigenvalue weighted by Gasteiger charge is 2.87. The largest absolute Gasteiger partial charge is 0.462 e. The van der Waals surface area contributed by atoms with Crippen molar-refractivity contribution in [1.82, 2.24) is 0 Å². The second kappa shape index (κ2) is 12.8.